The summed E-state index contributed by atoms with van der Waals surface area (Å²) in [5.74, 6) is -0.0438. The van der Waals surface area contributed by atoms with Crippen molar-refractivity contribution in [1.29, 1.82) is 0 Å². The number of hydrogen-bond acceptors (Lipinski definition) is 4. The van der Waals surface area contributed by atoms with Gasteiger partial charge >= 0.3 is 0 Å². The maximum atomic E-state index is 12.2. The SMILES string of the molecule is CC1(C)CC(=O)C(C=Nc2ccc(NC(=O)CCc3ccccc3)cc2)=C(O)C1. The summed E-state index contributed by atoms with van der Waals surface area (Å²) in [6.45, 7) is 3.92. The number of Topliss-reactive ketones (excluding diaryl/α,β-unsaturated/α-hetero) is 1. The number of nitrogens with zero attached hydrogens (tertiary/aromatic N) is 1. The van der Waals surface area contributed by atoms with E-state index >= 15 is 0 Å². The number of benzene rings is 2. The van der Waals surface area contributed by atoms with Gasteiger partial charge in [0, 0.05) is 31.2 Å². The molecule has 0 saturated heterocycles. The summed E-state index contributed by atoms with van der Waals surface area (Å²) in [5.41, 5.74) is 2.52. The van der Waals surface area contributed by atoms with Gasteiger partial charge in [0.2, 0.25) is 5.91 Å². The molecule has 0 spiro atoms. The first-order chi connectivity index (χ1) is 13.8. The Morgan fingerprint density at radius 2 is 1.79 bits per heavy atom. The third-order valence-electron chi connectivity index (χ3n) is 4.87. The molecule has 2 aromatic rings. The predicted octanol–water partition coefficient (Wildman–Crippen LogP) is 5.16. The van der Waals surface area contributed by atoms with Crippen molar-refractivity contribution in [2.75, 3.05) is 5.32 Å². The molecule has 1 aliphatic rings. The molecule has 0 unspecified atom stereocenters. The van der Waals surface area contributed by atoms with Gasteiger partial charge in [-0.05, 0) is 41.7 Å². The van der Waals surface area contributed by atoms with Crippen molar-refractivity contribution in [2.24, 2.45) is 10.4 Å². The van der Waals surface area contributed by atoms with Crippen LogP contribution < -0.4 is 5.32 Å². The van der Waals surface area contributed by atoms with Crippen molar-refractivity contribution < 1.29 is 14.7 Å². The van der Waals surface area contributed by atoms with Gasteiger partial charge in [-0.3, -0.25) is 14.6 Å². The molecular formula is C24H26N2O3. The summed E-state index contributed by atoms with van der Waals surface area (Å²) in [7, 11) is 0. The average Bonchev–Trinajstić information content (AvgIpc) is 2.67. The number of aliphatic hydroxyl groups is 1. The quantitative estimate of drug-likeness (QED) is 0.669. The Bertz CT molecular complexity index is 942. The lowest BCUT2D eigenvalue weighted by molar-refractivity contribution is -0.118. The lowest BCUT2D eigenvalue weighted by atomic mass is 9.77. The molecule has 0 fully saturated rings. The van der Waals surface area contributed by atoms with E-state index < -0.39 is 0 Å². The molecule has 5 heteroatoms. The fourth-order valence-corrected chi connectivity index (χ4v) is 3.34. The molecule has 29 heavy (non-hydrogen) atoms. The smallest absolute Gasteiger partial charge is 0.224 e. The summed E-state index contributed by atoms with van der Waals surface area (Å²) >= 11 is 0. The van der Waals surface area contributed by atoms with E-state index in [4.69, 9.17) is 0 Å². The van der Waals surface area contributed by atoms with Gasteiger partial charge in [0.25, 0.3) is 0 Å². The highest BCUT2D eigenvalue weighted by Crippen LogP contribution is 2.35. The Morgan fingerprint density at radius 3 is 2.45 bits per heavy atom. The number of carbonyl (C=O) groups excluding carboxylic acids is 2. The number of hydrogen-bond donors (Lipinski definition) is 2. The van der Waals surface area contributed by atoms with Crippen LogP contribution in [-0.4, -0.2) is 23.0 Å². The maximum absolute atomic E-state index is 12.2. The third kappa shape index (κ3) is 5.88. The zero-order valence-electron chi connectivity index (χ0n) is 16.8. The van der Waals surface area contributed by atoms with E-state index in [2.05, 4.69) is 10.3 Å². The van der Waals surface area contributed by atoms with Crippen molar-refractivity contribution in [3.8, 4) is 0 Å². The summed E-state index contributed by atoms with van der Waals surface area (Å²) in [4.78, 5) is 28.6. The molecule has 150 valence electrons. The molecule has 1 amide bonds. The molecule has 5 nitrogen and oxygen atoms in total. The van der Waals surface area contributed by atoms with Crippen molar-refractivity contribution >= 4 is 29.3 Å². The molecule has 2 N–H and O–H groups in total. The first-order valence-corrected chi connectivity index (χ1v) is 9.76. The number of allylic oxidation sites excluding steroid dienone is 2. The van der Waals surface area contributed by atoms with Crippen molar-refractivity contribution in [3.05, 3.63) is 71.5 Å². The number of amides is 1. The molecule has 0 saturated carbocycles. The highest BCUT2D eigenvalue weighted by Gasteiger charge is 2.32. The number of carbonyl (C=O) groups is 2. The number of aliphatic hydroxyl groups excluding tert-OH is 1. The fourth-order valence-electron chi connectivity index (χ4n) is 3.34. The molecule has 0 bridgehead atoms. The van der Waals surface area contributed by atoms with Gasteiger partial charge in [0.05, 0.1) is 11.3 Å². The first-order valence-electron chi connectivity index (χ1n) is 9.76. The van der Waals surface area contributed by atoms with E-state index in [-0.39, 0.29) is 28.4 Å². The van der Waals surface area contributed by atoms with E-state index in [0.717, 1.165) is 5.56 Å². The molecule has 0 atom stereocenters. The Balaban J connectivity index is 1.57. The van der Waals surface area contributed by atoms with Gasteiger partial charge in [0.1, 0.15) is 5.76 Å². The summed E-state index contributed by atoms with van der Waals surface area (Å²) in [6, 6.07) is 17.0. The molecule has 0 aromatic heterocycles. The summed E-state index contributed by atoms with van der Waals surface area (Å²) in [5, 5.41) is 13.0. The number of ketones is 1. The molecule has 0 aliphatic heterocycles. The van der Waals surface area contributed by atoms with Gasteiger partial charge in [-0.1, -0.05) is 44.2 Å². The van der Waals surface area contributed by atoms with Gasteiger partial charge in [0.15, 0.2) is 5.78 Å². The van der Waals surface area contributed by atoms with Crippen LogP contribution >= 0.6 is 0 Å². The van der Waals surface area contributed by atoms with Gasteiger partial charge < -0.3 is 10.4 Å². The van der Waals surface area contributed by atoms with E-state index in [9.17, 15) is 14.7 Å². The topological polar surface area (TPSA) is 78.8 Å². The molecular weight excluding hydrogens is 364 g/mol. The van der Waals surface area contributed by atoms with Gasteiger partial charge in [-0.15, -0.1) is 0 Å². The Hall–Kier alpha value is -3.21. The Kier molecular flexibility index (Phi) is 6.27. The second-order valence-electron chi connectivity index (χ2n) is 8.14. The Labute approximate surface area is 171 Å². The van der Waals surface area contributed by atoms with Crippen LogP contribution in [0.5, 0.6) is 0 Å². The van der Waals surface area contributed by atoms with Gasteiger partial charge in [-0.2, -0.15) is 0 Å². The second-order valence-corrected chi connectivity index (χ2v) is 8.14. The van der Waals surface area contributed by atoms with Crippen LogP contribution in [0, 0.1) is 5.41 Å². The number of aliphatic imine (C=N–C) groups is 1. The molecule has 3 rings (SSSR count). The zero-order chi connectivity index (χ0) is 20.9. The highest BCUT2D eigenvalue weighted by molar-refractivity contribution is 6.14. The van der Waals surface area contributed by atoms with E-state index in [0.29, 0.717) is 37.1 Å². The van der Waals surface area contributed by atoms with Crippen LogP contribution in [0.1, 0.15) is 38.7 Å². The number of aryl methyl sites for hydroxylation is 1. The van der Waals surface area contributed by atoms with Crippen LogP contribution in [0.4, 0.5) is 11.4 Å². The summed E-state index contributed by atoms with van der Waals surface area (Å²) < 4.78 is 0. The normalized spacial score (nSPS) is 16.3. The minimum Gasteiger partial charge on any atom is -0.511 e. The monoisotopic (exact) mass is 390 g/mol. The van der Waals surface area contributed by atoms with Crippen LogP contribution in [-0.2, 0) is 16.0 Å². The van der Waals surface area contributed by atoms with E-state index in [1.54, 1.807) is 24.3 Å². The Morgan fingerprint density at radius 1 is 1.10 bits per heavy atom. The zero-order valence-corrected chi connectivity index (χ0v) is 16.8. The maximum Gasteiger partial charge on any atom is 0.224 e. The van der Waals surface area contributed by atoms with Crippen LogP contribution in [0.15, 0.2) is 70.9 Å². The van der Waals surface area contributed by atoms with Crippen molar-refractivity contribution in [1.82, 2.24) is 0 Å². The van der Waals surface area contributed by atoms with E-state index in [1.807, 2.05) is 44.2 Å². The minimum absolute atomic E-state index is 0.0457. The van der Waals surface area contributed by atoms with Crippen LogP contribution in [0.2, 0.25) is 0 Å². The number of anilines is 1. The fraction of sp³-hybridized carbons (Fsp3) is 0.292. The highest BCUT2D eigenvalue weighted by atomic mass is 16.3. The second kappa shape index (κ2) is 8.86. The molecule has 1 aliphatic carbocycles. The third-order valence-corrected chi connectivity index (χ3v) is 4.87. The largest absolute Gasteiger partial charge is 0.511 e. The standard InChI is InChI=1S/C24H26N2O3/c1-24(2)14-21(27)20(22(28)15-24)16-25-18-9-11-19(12-10-18)26-23(29)13-8-17-6-4-3-5-7-17/h3-7,9-12,16,27H,8,13-15H2,1-2H3,(H,26,29). The van der Waals surface area contributed by atoms with Crippen molar-refractivity contribution in [2.45, 2.75) is 39.5 Å². The molecule has 2 aromatic carbocycles. The predicted molar refractivity (Wildman–Crippen MR) is 116 cm³/mol. The molecule has 0 radical (unpaired) electrons. The van der Waals surface area contributed by atoms with Crippen molar-refractivity contribution in [3.63, 3.8) is 0 Å². The minimum atomic E-state index is -0.223. The summed E-state index contributed by atoms with van der Waals surface area (Å²) in [6.07, 6.45) is 3.40. The lowest BCUT2D eigenvalue weighted by Gasteiger charge is -2.28. The van der Waals surface area contributed by atoms with Crippen LogP contribution in [0.25, 0.3) is 0 Å². The van der Waals surface area contributed by atoms with Gasteiger partial charge in [-0.25, -0.2) is 0 Å². The van der Waals surface area contributed by atoms with Crippen LogP contribution in [0.3, 0.4) is 0 Å². The van der Waals surface area contributed by atoms with E-state index in [1.165, 1.54) is 6.21 Å². The average molecular weight is 390 g/mol. The number of nitrogens with one attached hydrogen (secondary N) is 1. The number of rotatable bonds is 6. The lowest BCUT2D eigenvalue weighted by Crippen LogP contribution is -2.26. The molecule has 0 heterocycles. The first kappa shape index (κ1) is 20.5.